The molecule has 0 radical (unpaired) electrons. The molecule has 0 atom stereocenters. The summed E-state index contributed by atoms with van der Waals surface area (Å²) in [6, 6.07) is 11.7. The number of hydrogen-bond acceptors (Lipinski definition) is 3. The summed E-state index contributed by atoms with van der Waals surface area (Å²) in [5, 5.41) is 6.42. The van der Waals surface area contributed by atoms with Gasteiger partial charge in [0.05, 0.1) is 16.9 Å². The molecule has 5 nitrogen and oxygen atoms in total. The summed E-state index contributed by atoms with van der Waals surface area (Å²) in [6.07, 6.45) is 1.26. The third kappa shape index (κ3) is 3.70. The van der Waals surface area contributed by atoms with E-state index in [1.165, 1.54) is 36.5 Å². The van der Waals surface area contributed by atoms with Crippen molar-refractivity contribution < 1.29 is 9.18 Å². The molecule has 2 aromatic carbocycles. The van der Waals surface area contributed by atoms with Gasteiger partial charge >= 0.3 is 0 Å². The van der Waals surface area contributed by atoms with Crippen LogP contribution in [0.5, 0.6) is 0 Å². The number of carbonyl (C=O) groups excluding carboxylic acids is 1. The van der Waals surface area contributed by atoms with Crippen molar-refractivity contribution >= 4 is 34.8 Å². The Morgan fingerprint density at radius 1 is 1.12 bits per heavy atom. The van der Waals surface area contributed by atoms with Crippen molar-refractivity contribution in [1.29, 1.82) is 0 Å². The van der Waals surface area contributed by atoms with Gasteiger partial charge in [0.2, 0.25) is 0 Å². The Labute approximate surface area is 151 Å². The third-order valence-corrected chi connectivity index (χ3v) is 4.08. The predicted octanol–water partition coefficient (Wildman–Crippen LogP) is 3.93. The van der Waals surface area contributed by atoms with E-state index in [9.17, 15) is 14.0 Å². The lowest BCUT2D eigenvalue weighted by Gasteiger charge is -2.08. The first-order valence-corrected chi connectivity index (χ1v) is 7.82. The fraction of sp³-hybridized carbons (Fsp3) is 0. The van der Waals surface area contributed by atoms with E-state index in [1.807, 2.05) is 0 Å². The van der Waals surface area contributed by atoms with Crippen LogP contribution in [-0.2, 0) is 0 Å². The molecule has 0 fully saturated rings. The number of nitrogens with zero attached hydrogens (tertiary/aromatic N) is 2. The molecular weight excluding hydrogens is 368 g/mol. The summed E-state index contributed by atoms with van der Waals surface area (Å²) in [6.45, 7) is 0. The Bertz CT molecular complexity index is 1000. The average Bonchev–Trinajstić information content (AvgIpc) is 2.60. The molecule has 0 spiro atoms. The van der Waals surface area contributed by atoms with Crippen LogP contribution in [0.2, 0.25) is 10.0 Å². The number of aromatic nitrogens is 2. The second-order valence-electron chi connectivity index (χ2n) is 5.03. The van der Waals surface area contributed by atoms with Gasteiger partial charge in [0.15, 0.2) is 0 Å². The van der Waals surface area contributed by atoms with E-state index >= 15 is 0 Å². The maximum absolute atomic E-state index is 13.1. The highest BCUT2D eigenvalue weighted by Gasteiger charge is 2.11. The van der Waals surface area contributed by atoms with Crippen molar-refractivity contribution in [2.75, 3.05) is 5.32 Å². The van der Waals surface area contributed by atoms with Crippen LogP contribution in [0.1, 0.15) is 10.4 Å². The fourth-order valence-electron chi connectivity index (χ4n) is 2.12. The molecule has 0 saturated carbocycles. The molecular formula is C17H10Cl2FN3O2. The molecule has 3 rings (SSSR count). The number of anilines is 1. The molecule has 126 valence electrons. The number of halogens is 3. The van der Waals surface area contributed by atoms with E-state index < -0.39 is 17.3 Å². The van der Waals surface area contributed by atoms with E-state index in [1.54, 1.807) is 18.2 Å². The zero-order valence-electron chi connectivity index (χ0n) is 12.5. The molecule has 3 aromatic rings. The minimum Gasteiger partial charge on any atom is -0.322 e. The lowest BCUT2D eigenvalue weighted by molar-refractivity contribution is 0.102. The number of rotatable bonds is 3. The lowest BCUT2D eigenvalue weighted by Crippen LogP contribution is -2.21. The van der Waals surface area contributed by atoms with Crippen molar-refractivity contribution in [3.05, 3.63) is 86.5 Å². The highest BCUT2D eigenvalue weighted by atomic mass is 35.5. The molecule has 8 heteroatoms. The van der Waals surface area contributed by atoms with Crippen molar-refractivity contribution in [2.24, 2.45) is 0 Å². The molecule has 1 N–H and O–H groups in total. The van der Waals surface area contributed by atoms with Gasteiger partial charge in [-0.2, -0.15) is 9.78 Å². The van der Waals surface area contributed by atoms with E-state index in [0.717, 1.165) is 4.68 Å². The highest BCUT2D eigenvalue weighted by molar-refractivity contribution is 6.41. The average molecular weight is 378 g/mol. The molecule has 0 aliphatic heterocycles. The molecule has 1 aromatic heterocycles. The maximum atomic E-state index is 13.1. The van der Waals surface area contributed by atoms with Crippen LogP contribution in [-0.4, -0.2) is 15.7 Å². The third-order valence-electron chi connectivity index (χ3n) is 3.33. The minimum absolute atomic E-state index is 0.0639. The SMILES string of the molecule is O=C(Nc1cccc(F)c1)c1ccc(-n2ncc(Cl)c(Cl)c2=O)cc1. The van der Waals surface area contributed by atoms with Crippen LogP contribution >= 0.6 is 23.2 Å². The van der Waals surface area contributed by atoms with Crippen LogP contribution in [0, 0.1) is 5.82 Å². The Hall–Kier alpha value is -2.70. The molecule has 0 aliphatic rings. The lowest BCUT2D eigenvalue weighted by atomic mass is 10.2. The van der Waals surface area contributed by atoms with Gasteiger partial charge in [0, 0.05) is 11.3 Å². The standard InChI is InChI=1S/C17H10Cl2FN3O2/c18-14-9-21-23(17(25)15(14)19)13-6-4-10(5-7-13)16(24)22-12-3-1-2-11(20)8-12/h1-9H,(H,22,24). The Morgan fingerprint density at radius 3 is 2.52 bits per heavy atom. The van der Waals surface area contributed by atoms with E-state index in [2.05, 4.69) is 10.4 Å². The van der Waals surface area contributed by atoms with Gasteiger partial charge < -0.3 is 5.32 Å². The number of carbonyl (C=O) groups is 1. The Morgan fingerprint density at radius 2 is 1.84 bits per heavy atom. The topological polar surface area (TPSA) is 64.0 Å². The zero-order chi connectivity index (χ0) is 18.0. The summed E-state index contributed by atoms with van der Waals surface area (Å²) in [5.41, 5.74) is 0.537. The van der Waals surface area contributed by atoms with Crippen molar-refractivity contribution in [3.8, 4) is 5.69 Å². The Balaban J connectivity index is 1.84. The quantitative estimate of drug-likeness (QED) is 0.751. The molecule has 25 heavy (non-hydrogen) atoms. The van der Waals surface area contributed by atoms with Gasteiger partial charge in [0.25, 0.3) is 11.5 Å². The minimum atomic E-state index is -0.564. The first-order chi connectivity index (χ1) is 12.0. The molecule has 1 amide bonds. The molecule has 0 aliphatic carbocycles. The van der Waals surface area contributed by atoms with E-state index in [0.29, 0.717) is 16.9 Å². The summed E-state index contributed by atoms with van der Waals surface area (Å²) in [7, 11) is 0. The van der Waals surface area contributed by atoms with Crippen molar-refractivity contribution in [2.45, 2.75) is 0 Å². The van der Waals surface area contributed by atoms with Crippen LogP contribution in [0.3, 0.4) is 0 Å². The highest BCUT2D eigenvalue weighted by Crippen LogP contribution is 2.17. The number of hydrogen-bond donors (Lipinski definition) is 1. The van der Waals surface area contributed by atoms with Gasteiger partial charge in [-0.15, -0.1) is 0 Å². The fourth-order valence-corrected chi connectivity index (χ4v) is 2.37. The molecule has 0 bridgehead atoms. The van der Waals surface area contributed by atoms with Gasteiger partial charge in [-0.05, 0) is 42.5 Å². The van der Waals surface area contributed by atoms with E-state index in [4.69, 9.17) is 23.2 Å². The van der Waals surface area contributed by atoms with Crippen molar-refractivity contribution in [1.82, 2.24) is 9.78 Å². The molecule has 1 heterocycles. The van der Waals surface area contributed by atoms with Crippen LogP contribution in [0.4, 0.5) is 10.1 Å². The van der Waals surface area contributed by atoms with Crippen LogP contribution < -0.4 is 10.9 Å². The monoisotopic (exact) mass is 377 g/mol. The maximum Gasteiger partial charge on any atom is 0.291 e. The van der Waals surface area contributed by atoms with Crippen molar-refractivity contribution in [3.63, 3.8) is 0 Å². The first kappa shape index (κ1) is 17.1. The van der Waals surface area contributed by atoms with Gasteiger partial charge in [-0.25, -0.2) is 4.39 Å². The van der Waals surface area contributed by atoms with Crippen LogP contribution in [0.25, 0.3) is 5.69 Å². The summed E-state index contributed by atoms with van der Waals surface area (Å²) in [5.74, 6) is -0.857. The van der Waals surface area contributed by atoms with Gasteiger partial charge in [-0.3, -0.25) is 9.59 Å². The summed E-state index contributed by atoms with van der Waals surface area (Å²) >= 11 is 11.6. The number of nitrogens with one attached hydrogen (secondary N) is 1. The summed E-state index contributed by atoms with van der Waals surface area (Å²) < 4.78 is 14.2. The first-order valence-electron chi connectivity index (χ1n) is 7.06. The van der Waals surface area contributed by atoms with Gasteiger partial charge in [0.1, 0.15) is 10.8 Å². The second-order valence-corrected chi connectivity index (χ2v) is 5.82. The normalized spacial score (nSPS) is 10.5. The molecule has 0 unspecified atom stereocenters. The summed E-state index contributed by atoms with van der Waals surface area (Å²) in [4.78, 5) is 24.2. The second kappa shape index (κ2) is 7.04. The van der Waals surface area contributed by atoms with E-state index in [-0.39, 0.29) is 10.0 Å². The largest absolute Gasteiger partial charge is 0.322 e. The predicted molar refractivity (Wildman–Crippen MR) is 94.2 cm³/mol. The van der Waals surface area contributed by atoms with Gasteiger partial charge in [-0.1, -0.05) is 29.3 Å². The smallest absolute Gasteiger partial charge is 0.291 e. The zero-order valence-corrected chi connectivity index (χ0v) is 14.1. The molecule has 0 saturated heterocycles. The number of amides is 1. The van der Waals surface area contributed by atoms with Crippen LogP contribution in [0.15, 0.2) is 59.5 Å². The Kier molecular flexibility index (Phi) is 4.83. The number of benzene rings is 2.